The quantitative estimate of drug-likeness (QED) is 0.821. The summed E-state index contributed by atoms with van der Waals surface area (Å²) in [6.07, 6.45) is 2.35. The second-order valence-corrected chi connectivity index (χ2v) is 3.24. The van der Waals surface area contributed by atoms with Crippen LogP contribution in [0.1, 0.15) is 11.7 Å². The molecule has 0 aliphatic heterocycles. The normalized spacial score (nSPS) is 10.8. The lowest BCUT2D eigenvalue weighted by atomic mass is 10.3. The fourth-order valence-electron chi connectivity index (χ4n) is 1.30. The standard InChI is InChI=1S/C10H13N3O2/c1-7-8(4-6-14-7)10-13-12-9(15-10)3-5-11-2/h4,6,11H,3,5H2,1-2H3. The SMILES string of the molecule is CNCCc1nnc(-c2ccoc2C)o1. The van der Waals surface area contributed by atoms with E-state index in [-0.39, 0.29) is 0 Å². The maximum Gasteiger partial charge on any atom is 0.251 e. The average molecular weight is 207 g/mol. The first-order chi connectivity index (χ1) is 7.31. The molecule has 0 aliphatic rings. The van der Waals surface area contributed by atoms with E-state index in [0.29, 0.717) is 11.8 Å². The molecular formula is C10H13N3O2. The van der Waals surface area contributed by atoms with Crippen LogP contribution in [-0.4, -0.2) is 23.8 Å². The van der Waals surface area contributed by atoms with Gasteiger partial charge in [0.25, 0.3) is 5.89 Å². The molecule has 0 spiro atoms. The van der Waals surface area contributed by atoms with Crippen LogP contribution in [0.15, 0.2) is 21.2 Å². The van der Waals surface area contributed by atoms with Crippen molar-refractivity contribution >= 4 is 0 Å². The molecule has 5 nitrogen and oxygen atoms in total. The Kier molecular flexibility index (Phi) is 2.82. The summed E-state index contributed by atoms with van der Waals surface area (Å²) < 4.78 is 10.7. The average Bonchev–Trinajstić information content (AvgIpc) is 2.83. The van der Waals surface area contributed by atoms with Crippen LogP contribution in [0.2, 0.25) is 0 Å². The molecule has 0 saturated carbocycles. The molecule has 0 amide bonds. The third-order valence-electron chi connectivity index (χ3n) is 2.14. The number of aryl methyl sites for hydroxylation is 1. The van der Waals surface area contributed by atoms with Gasteiger partial charge in [-0.3, -0.25) is 0 Å². The molecule has 0 bridgehead atoms. The van der Waals surface area contributed by atoms with Crippen LogP contribution in [0, 0.1) is 6.92 Å². The van der Waals surface area contributed by atoms with Crippen molar-refractivity contribution in [2.75, 3.05) is 13.6 Å². The van der Waals surface area contributed by atoms with Gasteiger partial charge >= 0.3 is 0 Å². The van der Waals surface area contributed by atoms with Gasteiger partial charge in [0.1, 0.15) is 5.76 Å². The predicted molar refractivity (Wildman–Crippen MR) is 54.4 cm³/mol. The van der Waals surface area contributed by atoms with Gasteiger partial charge in [0.15, 0.2) is 0 Å². The van der Waals surface area contributed by atoms with Crippen molar-refractivity contribution in [1.29, 1.82) is 0 Å². The van der Waals surface area contributed by atoms with Crippen molar-refractivity contribution in [3.05, 3.63) is 24.0 Å². The van der Waals surface area contributed by atoms with Crippen LogP contribution < -0.4 is 5.32 Å². The number of rotatable bonds is 4. The van der Waals surface area contributed by atoms with Crippen molar-refractivity contribution in [3.8, 4) is 11.5 Å². The lowest BCUT2D eigenvalue weighted by molar-refractivity contribution is 0.496. The first-order valence-corrected chi connectivity index (χ1v) is 4.82. The molecule has 1 N–H and O–H groups in total. The number of aromatic nitrogens is 2. The Morgan fingerprint density at radius 1 is 1.40 bits per heavy atom. The molecule has 0 atom stereocenters. The van der Waals surface area contributed by atoms with Gasteiger partial charge in [-0.1, -0.05) is 0 Å². The van der Waals surface area contributed by atoms with Crippen LogP contribution in [0.25, 0.3) is 11.5 Å². The van der Waals surface area contributed by atoms with E-state index in [1.807, 2.05) is 20.0 Å². The van der Waals surface area contributed by atoms with Crippen LogP contribution in [0.3, 0.4) is 0 Å². The molecule has 0 radical (unpaired) electrons. The summed E-state index contributed by atoms with van der Waals surface area (Å²) in [6.45, 7) is 2.69. The predicted octanol–water partition coefficient (Wildman–Crippen LogP) is 1.40. The lowest BCUT2D eigenvalue weighted by Crippen LogP contribution is -2.10. The van der Waals surface area contributed by atoms with Crippen LogP contribution in [-0.2, 0) is 6.42 Å². The highest BCUT2D eigenvalue weighted by atomic mass is 16.4. The largest absolute Gasteiger partial charge is 0.469 e. The molecule has 0 unspecified atom stereocenters. The summed E-state index contributed by atoms with van der Waals surface area (Å²) in [5.74, 6) is 1.95. The fourth-order valence-corrected chi connectivity index (χ4v) is 1.30. The molecule has 5 heteroatoms. The Morgan fingerprint density at radius 2 is 2.27 bits per heavy atom. The Bertz CT molecular complexity index is 433. The Hall–Kier alpha value is -1.62. The molecule has 15 heavy (non-hydrogen) atoms. The van der Waals surface area contributed by atoms with Gasteiger partial charge in [-0.05, 0) is 20.0 Å². The zero-order chi connectivity index (χ0) is 10.7. The second-order valence-electron chi connectivity index (χ2n) is 3.24. The highest BCUT2D eigenvalue weighted by Crippen LogP contribution is 2.22. The van der Waals surface area contributed by atoms with E-state index in [4.69, 9.17) is 8.83 Å². The van der Waals surface area contributed by atoms with E-state index in [2.05, 4.69) is 15.5 Å². The van der Waals surface area contributed by atoms with E-state index in [9.17, 15) is 0 Å². The topological polar surface area (TPSA) is 64.1 Å². The number of nitrogens with one attached hydrogen (secondary N) is 1. The van der Waals surface area contributed by atoms with Crippen molar-refractivity contribution in [1.82, 2.24) is 15.5 Å². The summed E-state index contributed by atoms with van der Waals surface area (Å²) in [4.78, 5) is 0. The molecule has 0 saturated heterocycles. The number of nitrogens with zero attached hydrogens (tertiary/aromatic N) is 2. The molecule has 0 aromatic carbocycles. The molecule has 0 aliphatic carbocycles. The minimum absolute atomic E-state index is 0.521. The molecule has 2 rings (SSSR count). The van der Waals surface area contributed by atoms with Gasteiger partial charge in [0.05, 0.1) is 11.8 Å². The van der Waals surface area contributed by atoms with E-state index < -0.39 is 0 Å². The van der Waals surface area contributed by atoms with Crippen molar-refractivity contribution in [2.24, 2.45) is 0 Å². The Morgan fingerprint density at radius 3 is 2.93 bits per heavy atom. The van der Waals surface area contributed by atoms with Crippen LogP contribution >= 0.6 is 0 Å². The minimum Gasteiger partial charge on any atom is -0.469 e. The number of furan rings is 1. The van der Waals surface area contributed by atoms with Crippen molar-refractivity contribution < 1.29 is 8.83 Å². The van der Waals surface area contributed by atoms with Crippen LogP contribution in [0.5, 0.6) is 0 Å². The molecule has 80 valence electrons. The maximum absolute atomic E-state index is 5.49. The highest BCUT2D eigenvalue weighted by Gasteiger charge is 2.12. The summed E-state index contributed by atoms with van der Waals surface area (Å²) in [7, 11) is 1.89. The second kappa shape index (κ2) is 4.27. The summed E-state index contributed by atoms with van der Waals surface area (Å²) in [6, 6.07) is 1.82. The monoisotopic (exact) mass is 207 g/mol. The first kappa shape index (κ1) is 9.92. The fraction of sp³-hybridized carbons (Fsp3) is 0.400. The van der Waals surface area contributed by atoms with Gasteiger partial charge in [0, 0.05) is 13.0 Å². The number of hydrogen-bond acceptors (Lipinski definition) is 5. The zero-order valence-electron chi connectivity index (χ0n) is 8.78. The molecule has 2 aromatic rings. The van der Waals surface area contributed by atoms with Crippen molar-refractivity contribution in [3.63, 3.8) is 0 Å². The molecule has 2 heterocycles. The van der Waals surface area contributed by atoms with E-state index >= 15 is 0 Å². The van der Waals surface area contributed by atoms with E-state index in [1.165, 1.54) is 0 Å². The van der Waals surface area contributed by atoms with Gasteiger partial charge < -0.3 is 14.2 Å². The third-order valence-corrected chi connectivity index (χ3v) is 2.14. The van der Waals surface area contributed by atoms with E-state index in [1.54, 1.807) is 6.26 Å². The first-order valence-electron chi connectivity index (χ1n) is 4.82. The number of likely N-dealkylation sites (N-methyl/N-ethyl adjacent to an activating group) is 1. The summed E-state index contributed by atoms with van der Waals surface area (Å²) >= 11 is 0. The van der Waals surface area contributed by atoms with Gasteiger partial charge in [-0.2, -0.15) is 0 Å². The number of hydrogen-bond donors (Lipinski definition) is 1. The van der Waals surface area contributed by atoms with Crippen molar-refractivity contribution in [2.45, 2.75) is 13.3 Å². The molecule has 2 aromatic heterocycles. The van der Waals surface area contributed by atoms with Gasteiger partial charge in [-0.25, -0.2) is 0 Å². The van der Waals surface area contributed by atoms with Gasteiger partial charge in [0.2, 0.25) is 5.89 Å². The highest BCUT2D eigenvalue weighted by molar-refractivity contribution is 5.54. The third kappa shape index (κ3) is 2.07. The van der Waals surface area contributed by atoms with Gasteiger partial charge in [-0.15, -0.1) is 10.2 Å². The Balaban J connectivity index is 2.17. The summed E-state index contributed by atoms with van der Waals surface area (Å²) in [5, 5.41) is 10.9. The van der Waals surface area contributed by atoms with E-state index in [0.717, 1.165) is 24.3 Å². The lowest BCUT2D eigenvalue weighted by Gasteiger charge is -1.92. The minimum atomic E-state index is 0.521. The maximum atomic E-state index is 5.49. The van der Waals surface area contributed by atoms with Crippen LogP contribution in [0.4, 0.5) is 0 Å². The molecule has 0 fully saturated rings. The smallest absolute Gasteiger partial charge is 0.251 e. The summed E-state index contributed by atoms with van der Waals surface area (Å²) in [5.41, 5.74) is 0.859. The Labute approximate surface area is 87.5 Å². The molecular weight excluding hydrogens is 194 g/mol. The zero-order valence-corrected chi connectivity index (χ0v) is 8.78.